The van der Waals surface area contributed by atoms with Gasteiger partial charge in [0, 0.05) is 31.4 Å². The minimum atomic E-state index is -0.578. The second kappa shape index (κ2) is 9.63. The molecule has 2 aromatic heterocycles. The Kier molecular flexibility index (Phi) is 6.73. The monoisotopic (exact) mass is 414 g/mol. The minimum absolute atomic E-state index is 0.0184. The molecule has 0 atom stereocenters. The van der Waals surface area contributed by atoms with Crippen molar-refractivity contribution in [3.05, 3.63) is 52.5 Å². The number of likely N-dealkylation sites (tertiary alicyclic amines) is 1. The van der Waals surface area contributed by atoms with Crippen molar-refractivity contribution in [2.45, 2.75) is 25.8 Å². The summed E-state index contributed by atoms with van der Waals surface area (Å²) in [5.41, 5.74) is 0.124. The highest BCUT2D eigenvalue weighted by atomic mass is 16.6. The molecule has 2 aromatic rings. The molecule has 0 aromatic carbocycles. The maximum atomic E-state index is 12.5. The Hall–Kier alpha value is -3.76. The number of amides is 2. The zero-order chi connectivity index (χ0) is 21.5. The van der Waals surface area contributed by atoms with Crippen LogP contribution in [-0.2, 0) is 4.74 Å². The van der Waals surface area contributed by atoms with Crippen molar-refractivity contribution in [2.75, 3.05) is 30.3 Å². The zero-order valence-electron chi connectivity index (χ0n) is 16.4. The number of hydrogen-bond donors (Lipinski definition) is 2. The number of nitrogens with zero attached hydrogens (tertiary/aromatic N) is 4. The summed E-state index contributed by atoms with van der Waals surface area (Å²) in [4.78, 5) is 44.6. The first-order valence-electron chi connectivity index (χ1n) is 9.53. The van der Waals surface area contributed by atoms with E-state index in [4.69, 9.17) is 4.74 Å². The minimum Gasteiger partial charge on any atom is -0.450 e. The van der Waals surface area contributed by atoms with E-state index in [9.17, 15) is 19.7 Å². The molecule has 0 aliphatic carbocycles. The van der Waals surface area contributed by atoms with Gasteiger partial charge in [0.15, 0.2) is 5.82 Å². The van der Waals surface area contributed by atoms with Crippen molar-refractivity contribution in [1.29, 1.82) is 0 Å². The van der Waals surface area contributed by atoms with Gasteiger partial charge in [-0.1, -0.05) is 6.07 Å². The number of nitrogens with one attached hydrogen (secondary N) is 2. The van der Waals surface area contributed by atoms with Gasteiger partial charge < -0.3 is 20.3 Å². The number of carbonyl (C=O) groups is 2. The summed E-state index contributed by atoms with van der Waals surface area (Å²) in [5.74, 6) is -0.183. The fourth-order valence-electron chi connectivity index (χ4n) is 3.06. The first-order chi connectivity index (χ1) is 14.5. The van der Waals surface area contributed by atoms with Crippen LogP contribution in [0.4, 0.5) is 22.0 Å². The van der Waals surface area contributed by atoms with Gasteiger partial charge in [-0.15, -0.1) is 0 Å². The van der Waals surface area contributed by atoms with Gasteiger partial charge in [0.2, 0.25) is 0 Å². The lowest BCUT2D eigenvalue weighted by Gasteiger charge is -2.32. The van der Waals surface area contributed by atoms with E-state index >= 15 is 0 Å². The highest BCUT2D eigenvalue weighted by Crippen LogP contribution is 2.27. The number of carbonyl (C=O) groups excluding carboxylic acids is 2. The van der Waals surface area contributed by atoms with Crippen LogP contribution in [-0.4, -0.2) is 57.5 Å². The second-order valence-electron chi connectivity index (χ2n) is 6.62. The molecule has 1 saturated heterocycles. The molecule has 158 valence electrons. The molecule has 0 saturated carbocycles. The van der Waals surface area contributed by atoms with Gasteiger partial charge in [0.25, 0.3) is 11.6 Å². The van der Waals surface area contributed by atoms with E-state index in [1.54, 1.807) is 30.0 Å². The molecule has 30 heavy (non-hydrogen) atoms. The maximum absolute atomic E-state index is 12.5. The Balaban J connectivity index is 1.72. The normalized spacial score (nSPS) is 14.1. The van der Waals surface area contributed by atoms with Crippen LogP contribution in [0.2, 0.25) is 0 Å². The Labute approximate surface area is 172 Å². The van der Waals surface area contributed by atoms with Gasteiger partial charge in [-0.2, -0.15) is 0 Å². The number of aromatic nitrogens is 2. The third kappa shape index (κ3) is 5.19. The Morgan fingerprint density at radius 3 is 2.70 bits per heavy atom. The summed E-state index contributed by atoms with van der Waals surface area (Å²) in [6, 6.07) is 6.13. The van der Waals surface area contributed by atoms with Crippen molar-refractivity contribution < 1.29 is 19.2 Å². The van der Waals surface area contributed by atoms with Crippen LogP contribution in [0.15, 0.2) is 36.7 Å². The number of pyridine rings is 2. The summed E-state index contributed by atoms with van der Waals surface area (Å²) < 4.78 is 5.01. The van der Waals surface area contributed by atoms with Gasteiger partial charge in [0.1, 0.15) is 11.9 Å². The van der Waals surface area contributed by atoms with E-state index in [1.807, 2.05) is 0 Å². The van der Waals surface area contributed by atoms with E-state index in [2.05, 4.69) is 20.6 Å². The SMILES string of the molecule is CCOC(=O)N1CCC(Nc2ncc([N+](=O)[O-])cc2NC(=O)c2ccccn2)CC1. The van der Waals surface area contributed by atoms with Crippen LogP contribution in [0.5, 0.6) is 0 Å². The van der Waals surface area contributed by atoms with Crippen molar-refractivity contribution in [1.82, 2.24) is 14.9 Å². The number of nitro groups is 1. The van der Waals surface area contributed by atoms with Gasteiger partial charge in [0.05, 0.1) is 17.2 Å². The van der Waals surface area contributed by atoms with E-state index in [0.717, 1.165) is 6.20 Å². The molecule has 1 aliphatic heterocycles. The van der Waals surface area contributed by atoms with Crippen LogP contribution in [0.3, 0.4) is 0 Å². The molecule has 0 bridgehead atoms. The Morgan fingerprint density at radius 2 is 2.07 bits per heavy atom. The van der Waals surface area contributed by atoms with Crippen LogP contribution in [0.1, 0.15) is 30.3 Å². The summed E-state index contributed by atoms with van der Waals surface area (Å²) in [5, 5.41) is 17.0. The number of ether oxygens (including phenoxy) is 1. The maximum Gasteiger partial charge on any atom is 0.409 e. The molecule has 0 radical (unpaired) electrons. The molecule has 3 rings (SSSR count). The van der Waals surface area contributed by atoms with Crippen LogP contribution >= 0.6 is 0 Å². The fraction of sp³-hybridized carbons (Fsp3) is 0.368. The van der Waals surface area contributed by atoms with Crippen molar-refractivity contribution in [3.8, 4) is 0 Å². The van der Waals surface area contributed by atoms with Crippen LogP contribution < -0.4 is 10.6 Å². The second-order valence-corrected chi connectivity index (χ2v) is 6.62. The number of rotatable bonds is 6. The standard InChI is InChI=1S/C19H22N6O5/c1-2-30-19(27)24-9-6-13(7-10-24)22-17-16(11-14(12-21-17)25(28)29)23-18(26)15-5-3-4-8-20-15/h3-5,8,11-13H,2,6-7,9-10H2,1H3,(H,21,22)(H,23,26). The number of piperidine rings is 1. The van der Waals surface area contributed by atoms with E-state index in [1.165, 1.54) is 12.3 Å². The zero-order valence-corrected chi connectivity index (χ0v) is 16.4. The first kappa shape index (κ1) is 21.0. The molecule has 11 heteroatoms. The van der Waals surface area contributed by atoms with Crippen LogP contribution in [0.25, 0.3) is 0 Å². The number of hydrogen-bond acceptors (Lipinski definition) is 8. The van der Waals surface area contributed by atoms with E-state index in [-0.39, 0.29) is 29.2 Å². The van der Waals surface area contributed by atoms with Crippen molar-refractivity contribution in [3.63, 3.8) is 0 Å². The summed E-state index contributed by atoms with van der Waals surface area (Å²) in [7, 11) is 0. The molecule has 2 N–H and O–H groups in total. The summed E-state index contributed by atoms with van der Waals surface area (Å²) in [6.07, 6.45) is 3.56. The Bertz CT molecular complexity index is 915. The third-order valence-corrected chi connectivity index (χ3v) is 4.59. The molecule has 1 aliphatic rings. The third-order valence-electron chi connectivity index (χ3n) is 4.59. The Morgan fingerprint density at radius 1 is 1.30 bits per heavy atom. The van der Waals surface area contributed by atoms with Gasteiger partial charge in [-0.3, -0.25) is 19.9 Å². The molecular formula is C19H22N6O5. The highest BCUT2D eigenvalue weighted by Gasteiger charge is 2.25. The predicted octanol–water partition coefficient (Wildman–Crippen LogP) is 2.67. The number of anilines is 2. The van der Waals surface area contributed by atoms with Gasteiger partial charge in [-0.05, 0) is 31.9 Å². The lowest BCUT2D eigenvalue weighted by Crippen LogP contribution is -2.42. The first-order valence-corrected chi connectivity index (χ1v) is 9.53. The average molecular weight is 414 g/mol. The topological polar surface area (TPSA) is 140 Å². The van der Waals surface area contributed by atoms with E-state index < -0.39 is 10.8 Å². The quantitative estimate of drug-likeness (QED) is 0.543. The van der Waals surface area contributed by atoms with Crippen molar-refractivity contribution >= 4 is 29.2 Å². The lowest BCUT2D eigenvalue weighted by molar-refractivity contribution is -0.385. The molecule has 3 heterocycles. The molecular weight excluding hydrogens is 392 g/mol. The van der Waals surface area contributed by atoms with Crippen LogP contribution in [0, 0.1) is 10.1 Å². The predicted molar refractivity (Wildman–Crippen MR) is 108 cm³/mol. The average Bonchev–Trinajstić information content (AvgIpc) is 2.76. The summed E-state index contributed by atoms with van der Waals surface area (Å²) in [6.45, 7) is 3.11. The van der Waals surface area contributed by atoms with Crippen molar-refractivity contribution in [2.24, 2.45) is 0 Å². The summed E-state index contributed by atoms with van der Waals surface area (Å²) >= 11 is 0. The largest absolute Gasteiger partial charge is 0.450 e. The molecule has 11 nitrogen and oxygen atoms in total. The molecule has 0 spiro atoms. The van der Waals surface area contributed by atoms with Gasteiger partial charge >= 0.3 is 6.09 Å². The lowest BCUT2D eigenvalue weighted by atomic mass is 10.1. The highest BCUT2D eigenvalue weighted by molar-refractivity contribution is 6.04. The van der Waals surface area contributed by atoms with E-state index in [0.29, 0.717) is 38.4 Å². The molecule has 0 unspecified atom stereocenters. The smallest absolute Gasteiger partial charge is 0.409 e. The molecule has 1 fully saturated rings. The van der Waals surface area contributed by atoms with Gasteiger partial charge in [-0.25, -0.2) is 9.78 Å². The molecule has 2 amide bonds. The fourth-order valence-corrected chi connectivity index (χ4v) is 3.06.